The third-order valence-corrected chi connectivity index (χ3v) is 4.58. The Bertz CT molecular complexity index is 886. The van der Waals surface area contributed by atoms with E-state index in [0.29, 0.717) is 5.89 Å². The summed E-state index contributed by atoms with van der Waals surface area (Å²) in [5.41, 5.74) is 2.05. The van der Waals surface area contributed by atoms with Gasteiger partial charge in [-0.3, -0.25) is 0 Å². The fourth-order valence-corrected chi connectivity index (χ4v) is 2.95. The van der Waals surface area contributed by atoms with Crippen LogP contribution in [0.2, 0.25) is 0 Å². The first kappa shape index (κ1) is 20.0. The van der Waals surface area contributed by atoms with E-state index in [1.807, 2.05) is 19.1 Å². The van der Waals surface area contributed by atoms with Crippen LogP contribution in [0.5, 0.6) is 5.75 Å². The van der Waals surface area contributed by atoms with Crippen molar-refractivity contribution in [3.8, 4) is 11.4 Å². The van der Waals surface area contributed by atoms with Gasteiger partial charge >= 0.3 is 0 Å². The fraction of sp³-hybridized carbons (Fsp3) is 0.550. The summed E-state index contributed by atoms with van der Waals surface area (Å²) >= 11 is 0. The molecular formula is C20H28N6O2. The van der Waals surface area contributed by atoms with E-state index >= 15 is 0 Å². The Balaban J connectivity index is 1.54. The molecule has 0 fully saturated rings. The van der Waals surface area contributed by atoms with Gasteiger partial charge in [0.1, 0.15) is 5.75 Å². The highest BCUT2D eigenvalue weighted by Gasteiger charge is 2.10. The average molecular weight is 384 g/mol. The minimum Gasteiger partial charge on any atom is -0.496 e. The number of aromatic nitrogens is 6. The number of hydrogen-bond donors (Lipinski definition) is 0. The van der Waals surface area contributed by atoms with Gasteiger partial charge in [0.2, 0.25) is 11.8 Å². The Morgan fingerprint density at radius 1 is 1.07 bits per heavy atom. The van der Waals surface area contributed by atoms with Crippen LogP contribution in [0.3, 0.4) is 0 Å². The molecule has 0 aliphatic carbocycles. The van der Waals surface area contributed by atoms with Crippen LogP contribution < -0.4 is 4.74 Å². The van der Waals surface area contributed by atoms with Gasteiger partial charge in [-0.05, 0) is 48.2 Å². The molecule has 28 heavy (non-hydrogen) atoms. The minimum atomic E-state index is 0.272. The van der Waals surface area contributed by atoms with Gasteiger partial charge in [-0.25, -0.2) is 0 Å². The molecule has 0 radical (unpaired) electrons. The van der Waals surface area contributed by atoms with Crippen molar-refractivity contribution in [2.75, 3.05) is 7.11 Å². The first-order valence-corrected chi connectivity index (χ1v) is 9.89. The van der Waals surface area contributed by atoms with Crippen molar-refractivity contribution in [3.05, 3.63) is 41.4 Å². The van der Waals surface area contributed by atoms with Crippen molar-refractivity contribution >= 4 is 0 Å². The summed E-state index contributed by atoms with van der Waals surface area (Å²) in [5, 5.41) is 20.7. The number of benzene rings is 1. The topological polar surface area (TPSA) is 91.8 Å². The molecule has 8 nitrogen and oxygen atoms in total. The summed E-state index contributed by atoms with van der Waals surface area (Å²) in [5.74, 6) is 3.34. The summed E-state index contributed by atoms with van der Waals surface area (Å²) in [6.45, 7) is 6.12. The van der Waals surface area contributed by atoms with E-state index in [2.05, 4.69) is 45.5 Å². The van der Waals surface area contributed by atoms with Crippen LogP contribution in [0.25, 0.3) is 5.69 Å². The lowest BCUT2D eigenvalue weighted by Crippen LogP contribution is -2.02. The van der Waals surface area contributed by atoms with Crippen molar-refractivity contribution in [2.24, 2.45) is 0 Å². The Labute approximate surface area is 165 Å². The summed E-state index contributed by atoms with van der Waals surface area (Å²) in [6.07, 6.45) is 5.66. The van der Waals surface area contributed by atoms with Crippen molar-refractivity contribution in [1.29, 1.82) is 0 Å². The van der Waals surface area contributed by atoms with Crippen LogP contribution >= 0.6 is 0 Å². The molecule has 1 aromatic carbocycles. The molecule has 3 rings (SSSR count). The number of aryl methyl sites for hydroxylation is 3. The molecule has 0 N–H and O–H groups in total. The molecule has 3 aromatic rings. The summed E-state index contributed by atoms with van der Waals surface area (Å²) in [7, 11) is 1.70. The third-order valence-electron chi connectivity index (χ3n) is 4.58. The number of nitrogens with zero attached hydrogens (tertiary/aromatic N) is 6. The number of methoxy groups -OCH3 is 1. The van der Waals surface area contributed by atoms with Crippen molar-refractivity contribution in [1.82, 2.24) is 30.4 Å². The Hall–Kier alpha value is -2.77. The highest BCUT2D eigenvalue weighted by Crippen LogP contribution is 2.24. The Kier molecular flexibility index (Phi) is 6.73. The van der Waals surface area contributed by atoms with Gasteiger partial charge < -0.3 is 9.15 Å². The maximum atomic E-state index is 5.66. The van der Waals surface area contributed by atoms with Crippen molar-refractivity contribution < 1.29 is 9.15 Å². The molecular weight excluding hydrogens is 356 g/mol. The predicted molar refractivity (Wildman–Crippen MR) is 105 cm³/mol. The highest BCUT2D eigenvalue weighted by molar-refractivity contribution is 5.43. The highest BCUT2D eigenvalue weighted by atomic mass is 16.5. The Morgan fingerprint density at radius 2 is 1.89 bits per heavy atom. The van der Waals surface area contributed by atoms with E-state index in [-0.39, 0.29) is 5.92 Å². The quantitative estimate of drug-likeness (QED) is 0.492. The van der Waals surface area contributed by atoms with Crippen LogP contribution in [0, 0.1) is 0 Å². The van der Waals surface area contributed by atoms with Crippen LogP contribution in [0.1, 0.15) is 69.1 Å². The zero-order valence-corrected chi connectivity index (χ0v) is 17.1. The summed E-state index contributed by atoms with van der Waals surface area (Å²) in [6, 6.07) is 5.99. The molecule has 0 spiro atoms. The molecule has 150 valence electrons. The lowest BCUT2D eigenvalue weighted by molar-refractivity contribution is 0.408. The van der Waals surface area contributed by atoms with Gasteiger partial charge in [0.15, 0.2) is 5.82 Å². The number of rotatable bonds is 10. The molecule has 0 saturated carbocycles. The first-order valence-electron chi connectivity index (χ1n) is 9.89. The lowest BCUT2D eigenvalue weighted by Gasteiger charge is -2.10. The molecule has 0 atom stereocenters. The van der Waals surface area contributed by atoms with Crippen LogP contribution in [-0.2, 0) is 19.3 Å². The van der Waals surface area contributed by atoms with Crippen molar-refractivity contribution in [2.45, 2.75) is 65.2 Å². The smallest absolute Gasteiger partial charge is 0.219 e. The van der Waals surface area contributed by atoms with E-state index in [9.17, 15) is 0 Å². The van der Waals surface area contributed by atoms with Crippen LogP contribution in [0.4, 0.5) is 0 Å². The molecule has 0 aliphatic rings. The number of ether oxygens (including phenoxy) is 1. The SMILES string of the molecule is CCc1nnn(-c2ccc(OC)c(CCCCCc3nnc(C(C)C)o3)c2)n1. The summed E-state index contributed by atoms with van der Waals surface area (Å²) in [4.78, 5) is 1.57. The standard InChI is InChI=1S/C20H28N6O2/c1-5-18-21-25-26(24-18)16-11-12-17(27-4)15(13-16)9-7-6-8-10-19-22-23-20(28-19)14(2)3/h11-14H,5-10H2,1-4H3. The van der Waals surface area contributed by atoms with Gasteiger partial charge in [0, 0.05) is 18.8 Å². The molecule has 0 aliphatic heterocycles. The molecule has 0 amide bonds. The summed E-state index contributed by atoms with van der Waals surface area (Å²) < 4.78 is 11.2. The van der Waals surface area contributed by atoms with E-state index in [0.717, 1.165) is 67.2 Å². The maximum absolute atomic E-state index is 5.66. The van der Waals surface area contributed by atoms with E-state index < -0.39 is 0 Å². The molecule has 2 aromatic heterocycles. The number of tetrazole rings is 1. The van der Waals surface area contributed by atoms with E-state index in [1.54, 1.807) is 11.9 Å². The normalized spacial score (nSPS) is 11.3. The van der Waals surface area contributed by atoms with Gasteiger partial charge in [-0.2, -0.15) is 0 Å². The number of unbranched alkanes of at least 4 members (excludes halogenated alkanes) is 2. The lowest BCUT2D eigenvalue weighted by atomic mass is 10.0. The second kappa shape index (κ2) is 9.43. The van der Waals surface area contributed by atoms with Crippen LogP contribution in [-0.4, -0.2) is 37.5 Å². The fourth-order valence-electron chi connectivity index (χ4n) is 2.95. The molecule has 0 saturated heterocycles. The zero-order chi connectivity index (χ0) is 19.9. The third kappa shape index (κ3) is 4.94. The average Bonchev–Trinajstić information content (AvgIpc) is 3.37. The second-order valence-electron chi connectivity index (χ2n) is 7.09. The van der Waals surface area contributed by atoms with Gasteiger partial charge in [-0.1, -0.05) is 27.2 Å². The minimum absolute atomic E-state index is 0.272. The van der Waals surface area contributed by atoms with Gasteiger partial charge in [0.25, 0.3) is 0 Å². The molecule has 8 heteroatoms. The largest absolute Gasteiger partial charge is 0.496 e. The zero-order valence-electron chi connectivity index (χ0n) is 17.1. The maximum Gasteiger partial charge on any atom is 0.219 e. The van der Waals surface area contributed by atoms with Crippen LogP contribution in [0.15, 0.2) is 22.6 Å². The first-order chi connectivity index (χ1) is 13.6. The van der Waals surface area contributed by atoms with Gasteiger partial charge in [0.05, 0.1) is 12.8 Å². The molecule has 0 bridgehead atoms. The second-order valence-corrected chi connectivity index (χ2v) is 7.09. The predicted octanol–water partition coefficient (Wildman–Crippen LogP) is 3.70. The van der Waals surface area contributed by atoms with E-state index in [4.69, 9.17) is 9.15 Å². The van der Waals surface area contributed by atoms with E-state index in [1.165, 1.54) is 0 Å². The van der Waals surface area contributed by atoms with Crippen molar-refractivity contribution in [3.63, 3.8) is 0 Å². The monoisotopic (exact) mass is 384 g/mol. The Morgan fingerprint density at radius 3 is 2.57 bits per heavy atom. The molecule has 0 unspecified atom stereocenters. The van der Waals surface area contributed by atoms with Gasteiger partial charge in [-0.15, -0.1) is 25.2 Å². The number of hydrogen-bond acceptors (Lipinski definition) is 7. The molecule has 2 heterocycles.